The van der Waals surface area contributed by atoms with Crippen LogP contribution in [0.25, 0.3) is 0 Å². The summed E-state index contributed by atoms with van der Waals surface area (Å²) in [5, 5.41) is 10.6. The number of aryl methyl sites for hydroxylation is 1. The molecule has 1 aliphatic rings. The molecule has 2 aromatic rings. The van der Waals surface area contributed by atoms with Crippen molar-refractivity contribution < 1.29 is 14.6 Å². The average molecular weight is 349 g/mol. The Morgan fingerprint density at radius 2 is 2.05 bits per heavy atom. The van der Waals surface area contributed by atoms with Crippen LogP contribution in [-0.2, 0) is 6.42 Å². The lowest BCUT2D eigenvalue weighted by Gasteiger charge is -2.14. The fraction of sp³-hybridized carbons (Fsp3) is 0.294. The van der Waals surface area contributed by atoms with Crippen LogP contribution in [0.5, 0.6) is 11.5 Å². The molecule has 0 saturated heterocycles. The fourth-order valence-corrected chi connectivity index (χ4v) is 3.12. The molecule has 4 heteroatoms. The van der Waals surface area contributed by atoms with Gasteiger partial charge in [-0.3, -0.25) is 0 Å². The third-order valence-electron chi connectivity index (χ3n) is 3.57. The Hall–Kier alpha value is -1.52. The van der Waals surface area contributed by atoms with Crippen LogP contribution in [0.3, 0.4) is 0 Å². The summed E-state index contributed by atoms with van der Waals surface area (Å²) in [6.07, 6.45) is 1.44. The zero-order valence-electron chi connectivity index (χ0n) is 11.8. The van der Waals surface area contributed by atoms with Gasteiger partial charge in [0.15, 0.2) is 11.5 Å². The molecular formula is C17H17BrO3. The highest BCUT2D eigenvalue weighted by Crippen LogP contribution is 2.42. The largest absolute Gasteiger partial charge is 0.454 e. The predicted molar refractivity (Wildman–Crippen MR) is 84.8 cm³/mol. The van der Waals surface area contributed by atoms with Crippen molar-refractivity contribution in [2.24, 2.45) is 0 Å². The van der Waals surface area contributed by atoms with Crippen molar-refractivity contribution >= 4 is 15.9 Å². The molecule has 1 atom stereocenters. The van der Waals surface area contributed by atoms with Gasteiger partial charge in [-0.25, -0.2) is 0 Å². The fourth-order valence-electron chi connectivity index (χ4n) is 2.55. The zero-order chi connectivity index (χ0) is 14.8. The number of rotatable bonds is 4. The van der Waals surface area contributed by atoms with Crippen LogP contribution in [0.1, 0.15) is 36.1 Å². The third kappa shape index (κ3) is 2.92. The highest BCUT2D eigenvalue weighted by molar-refractivity contribution is 9.10. The van der Waals surface area contributed by atoms with E-state index in [2.05, 4.69) is 35.0 Å². The highest BCUT2D eigenvalue weighted by Gasteiger charge is 2.21. The monoisotopic (exact) mass is 348 g/mol. The van der Waals surface area contributed by atoms with E-state index in [1.807, 2.05) is 24.3 Å². The Bertz CT molecular complexity index is 654. The number of ether oxygens (including phenoxy) is 2. The molecule has 0 amide bonds. The molecule has 1 aliphatic heterocycles. The molecule has 0 bridgehead atoms. The predicted octanol–water partition coefficient (Wildman–Crippen LogP) is 4.21. The molecule has 1 N–H and O–H groups in total. The van der Waals surface area contributed by atoms with E-state index < -0.39 is 6.10 Å². The molecular weight excluding hydrogens is 332 g/mol. The Morgan fingerprint density at radius 1 is 1.19 bits per heavy atom. The summed E-state index contributed by atoms with van der Waals surface area (Å²) < 4.78 is 11.6. The molecule has 0 aliphatic carbocycles. The summed E-state index contributed by atoms with van der Waals surface area (Å²) in [7, 11) is 0. The van der Waals surface area contributed by atoms with Gasteiger partial charge in [-0.15, -0.1) is 0 Å². The molecule has 21 heavy (non-hydrogen) atoms. The molecule has 0 radical (unpaired) electrons. The summed E-state index contributed by atoms with van der Waals surface area (Å²) in [6, 6.07) is 11.8. The second-order valence-electron chi connectivity index (χ2n) is 5.13. The lowest BCUT2D eigenvalue weighted by atomic mass is 9.98. The second kappa shape index (κ2) is 6.08. The van der Waals surface area contributed by atoms with E-state index in [0.717, 1.165) is 28.4 Å². The van der Waals surface area contributed by atoms with Crippen LogP contribution in [0.2, 0.25) is 0 Å². The summed E-state index contributed by atoms with van der Waals surface area (Å²) in [5.74, 6) is 1.37. The van der Waals surface area contributed by atoms with E-state index >= 15 is 0 Å². The van der Waals surface area contributed by atoms with Crippen molar-refractivity contribution in [1.29, 1.82) is 0 Å². The molecule has 2 aromatic carbocycles. The van der Waals surface area contributed by atoms with Crippen molar-refractivity contribution in [3.05, 3.63) is 57.6 Å². The van der Waals surface area contributed by atoms with E-state index in [1.54, 1.807) is 0 Å². The van der Waals surface area contributed by atoms with Crippen LogP contribution >= 0.6 is 15.9 Å². The standard InChI is InChI=1S/C17H17BrO3/c1-2-4-11-5-3-6-12(7-11)16(19)13-8-14(18)17-15(9-13)20-10-21-17/h3,5-9,16,19H,2,4,10H2,1H3. The number of hydrogen-bond acceptors (Lipinski definition) is 3. The number of aliphatic hydroxyl groups excluding tert-OH is 1. The second-order valence-corrected chi connectivity index (χ2v) is 5.99. The van der Waals surface area contributed by atoms with Crippen molar-refractivity contribution in [1.82, 2.24) is 0 Å². The van der Waals surface area contributed by atoms with Gasteiger partial charge in [-0.05, 0) is 51.2 Å². The SMILES string of the molecule is CCCc1cccc(C(O)c2cc(Br)c3c(c2)OCO3)c1. The maximum Gasteiger partial charge on any atom is 0.231 e. The first-order chi connectivity index (χ1) is 10.2. The topological polar surface area (TPSA) is 38.7 Å². The molecule has 0 fully saturated rings. The Labute approximate surface area is 132 Å². The van der Waals surface area contributed by atoms with Gasteiger partial charge in [-0.1, -0.05) is 37.6 Å². The summed E-state index contributed by atoms with van der Waals surface area (Å²) in [5.41, 5.74) is 2.93. The van der Waals surface area contributed by atoms with Gasteiger partial charge in [0.05, 0.1) is 4.47 Å². The smallest absolute Gasteiger partial charge is 0.231 e. The number of halogens is 1. The number of hydrogen-bond donors (Lipinski definition) is 1. The van der Waals surface area contributed by atoms with Gasteiger partial charge < -0.3 is 14.6 Å². The van der Waals surface area contributed by atoms with Crippen LogP contribution in [-0.4, -0.2) is 11.9 Å². The zero-order valence-corrected chi connectivity index (χ0v) is 13.4. The average Bonchev–Trinajstić information content (AvgIpc) is 2.96. The van der Waals surface area contributed by atoms with Crippen molar-refractivity contribution in [2.45, 2.75) is 25.9 Å². The first kappa shape index (κ1) is 14.4. The minimum absolute atomic E-state index is 0.222. The summed E-state index contributed by atoms with van der Waals surface area (Å²) >= 11 is 3.46. The van der Waals surface area contributed by atoms with E-state index in [0.29, 0.717) is 11.5 Å². The van der Waals surface area contributed by atoms with Gasteiger partial charge in [0.25, 0.3) is 0 Å². The molecule has 3 rings (SSSR count). The minimum atomic E-state index is -0.674. The highest BCUT2D eigenvalue weighted by atomic mass is 79.9. The molecule has 1 heterocycles. The normalized spacial score (nSPS) is 14.2. The van der Waals surface area contributed by atoms with Gasteiger partial charge in [0, 0.05) is 0 Å². The van der Waals surface area contributed by atoms with Gasteiger partial charge >= 0.3 is 0 Å². The molecule has 0 saturated carbocycles. The van der Waals surface area contributed by atoms with Gasteiger partial charge in [0.1, 0.15) is 6.10 Å². The van der Waals surface area contributed by atoms with Crippen molar-refractivity contribution in [3.8, 4) is 11.5 Å². The number of aliphatic hydroxyl groups is 1. The molecule has 110 valence electrons. The lowest BCUT2D eigenvalue weighted by molar-refractivity contribution is 0.173. The first-order valence-electron chi connectivity index (χ1n) is 7.05. The van der Waals surface area contributed by atoms with E-state index in [1.165, 1.54) is 5.56 Å². The maximum absolute atomic E-state index is 10.6. The lowest BCUT2D eigenvalue weighted by Crippen LogP contribution is -2.01. The minimum Gasteiger partial charge on any atom is -0.454 e. The summed E-state index contributed by atoms with van der Waals surface area (Å²) in [4.78, 5) is 0. The van der Waals surface area contributed by atoms with Crippen molar-refractivity contribution in [2.75, 3.05) is 6.79 Å². The Balaban J connectivity index is 1.93. The van der Waals surface area contributed by atoms with Gasteiger partial charge in [-0.2, -0.15) is 0 Å². The molecule has 0 aromatic heterocycles. The van der Waals surface area contributed by atoms with Crippen LogP contribution in [0.4, 0.5) is 0 Å². The van der Waals surface area contributed by atoms with Crippen molar-refractivity contribution in [3.63, 3.8) is 0 Å². The van der Waals surface area contributed by atoms with E-state index in [-0.39, 0.29) is 6.79 Å². The molecule has 1 unspecified atom stereocenters. The first-order valence-corrected chi connectivity index (χ1v) is 7.84. The Morgan fingerprint density at radius 3 is 2.86 bits per heavy atom. The Kier molecular flexibility index (Phi) is 4.17. The van der Waals surface area contributed by atoms with Crippen LogP contribution in [0, 0.1) is 0 Å². The van der Waals surface area contributed by atoms with Crippen LogP contribution in [0.15, 0.2) is 40.9 Å². The molecule has 0 spiro atoms. The van der Waals surface area contributed by atoms with E-state index in [4.69, 9.17) is 9.47 Å². The summed E-state index contributed by atoms with van der Waals surface area (Å²) in [6.45, 7) is 2.37. The van der Waals surface area contributed by atoms with Crippen LogP contribution < -0.4 is 9.47 Å². The van der Waals surface area contributed by atoms with E-state index in [9.17, 15) is 5.11 Å². The quantitative estimate of drug-likeness (QED) is 0.899. The number of benzene rings is 2. The third-order valence-corrected chi connectivity index (χ3v) is 4.16. The maximum atomic E-state index is 10.6. The molecule has 3 nitrogen and oxygen atoms in total. The number of fused-ring (bicyclic) bond motifs is 1. The van der Waals surface area contributed by atoms with Gasteiger partial charge in [0.2, 0.25) is 6.79 Å².